The first-order valence-corrected chi connectivity index (χ1v) is 8.77. The lowest BCUT2D eigenvalue weighted by Gasteiger charge is -2.16. The van der Waals surface area contributed by atoms with E-state index < -0.39 is 12.1 Å². The first kappa shape index (κ1) is 18.3. The van der Waals surface area contributed by atoms with E-state index >= 15 is 0 Å². The van der Waals surface area contributed by atoms with Crippen molar-refractivity contribution < 1.29 is 14.6 Å². The Morgan fingerprint density at radius 2 is 1.58 bits per heavy atom. The molecule has 3 nitrogen and oxygen atoms in total. The van der Waals surface area contributed by atoms with Crippen molar-refractivity contribution in [1.29, 1.82) is 0 Å². The van der Waals surface area contributed by atoms with Gasteiger partial charge in [0.2, 0.25) is 0 Å². The van der Waals surface area contributed by atoms with E-state index in [1.54, 1.807) is 30.3 Å². The van der Waals surface area contributed by atoms with Gasteiger partial charge < -0.3 is 9.84 Å². The molecule has 0 fully saturated rings. The summed E-state index contributed by atoms with van der Waals surface area (Å²) in [7, 11) is 0. The molecular formula is C21H16Cl2O3. The molecule has 0 bridgehead atoms. The van der Waals surface area contributed by atoms with Crippen LogP contribution >= 0.6 is 23.2 Å². The van der Waals surface area contributed by atoms with E-state index in [-0.39, 0.29) is 6.42 Å². The Kier molecular flexibility index (Phi) is 5.82. The molecule has 0 spiro atoms. The van der Waals surface area contributed by atoms with Crippen molar-refractivity contribution in [3.8, 4) is 16.9 Å². The quantitative estimate of drug-likeness (QED) is 0.587. The summed E-state index contributed by atoms with van der Waals surface area (Å²) >= 11 is 12.0. The molecule has 0 saturated carbocycles. The number of aliphatic carboxylic acids is 1. The average molecular weight is 387 g/mol. The van der Waals surface area contributed by atoms with Gasteiger partial charge in [0.25, 0.3) is 0 Å². The summed E-state index contributed by atoms with van der Waals surface area (Å²) in [5.74, 6) is -0.565. The summed E-state index contributed by atoms with van der Waals surface area (Å²) in [6.07, 6.45) is -0.901. The van der Waals surface area contributed by atoms with Crippen LogP contribution in [0.3, 0.4) is 0 Å². The lowest BCUT2D eigenvalue weighted by atomic mass is 10.1. The molecule has 0 amide bonds. The Hall–Kier alpha value is -2.49. The first-order chi connectivity index (χ1) is 12.5. The highest BCUT2D eigenvalue weighted by Gasteiger charge is 2.21. The third kappa shape index (κ3) is 4.57. The van der Waals surface area contributed by atoms with Gasteiger partial charge in [0.1, 0.15) is 5.75 Å². The molecule has 5 heteroatoms. The molecule has 3 aromatic rings. The zero-order chi connectivity index (χ0) is 18.5. The molecule has 0 saturated heterocycles. The summed E-state index contributed by atoms with van der Waals surface area (Å²) in [6.45, 7) is 0. The van der Waals surface area contributed by atoms with Gasteiger partial charge in [0, 0.05) is 16.5 Å². The van der Waals surface area contributed by atoms with Crippen LogP contribution in [0.15, 0.2) is 72.8 Å². The van der Waals surface area contributed by atoms with Crippen molar-refractivity contribution in [3.63, 3.8) is 0 Å². The van der Waals surface area contributed by atoms with E-state index in [1.807, 2.05) is 42.5 Å². The summed E-state index contributed by atoms with van der Waals surface area (Å²) < 4.78 is 5.66. The summed E-state index contributed by atoms with van der Waals surface area (Å²) in [6, 6.07) is 22.2. The maximum Gasteiger partial charge on any atom is 0.345 e. The summed E-state index contributed by atoms with van der Waals surface area (Å²) in [4.78, 5) is 11.6. The van der Waals surface area contributed by atoms with Crippen LogP contribution < -0.4 is 4.74 Å². The Balaban J connectivity index is 1.75. The number of hydrogen-bond acceptors (Lipinski definition) is 2. The van der Waals surface area contributed by atoms with Crippen molar-refractivity contribution >= 4 is 29.2 Å². The van der Waals surface area contributed by atoms with E-state index in [4.69, 9.17) is 27.9 Å². The predicted octanol–water partition coefficient (Wildman–Crippen LogP) is 5.74. The molecule has 3 rings (SSSR count). The molecule has 0 aliphatic carbocycles. The molecule has 0 unspecified atom stereocenters. The number of halogens is 2. The smallest absolute Gasteiger partial charge is 0.345 e. The number of ether oxygens (including phenoxy) is 1. The van der Waals surface area contributed by atoms with Gasteiger partial charge in [-0.3, -0.25) is 0 Å². The Bertz CT molecular complexity index is 893. The van der Waals surface area contributed by atoms with E-state index in [2.05, 4.69) is 0 Å². The summed E-state index contributed by atoms with van der Waals surface area (Å²) in [5.41, 5.74) is 2.79. The number of hydrogen-bond donors (Lipinski definition) is 1. The Morgan fingerprint density at radius 1 is 0.923 bits per heavy atom. The average Bonchev–Trinajstić information content (AvgIpc) is 2.64. The second-order valence-electron chi connectivity index (χ2n) is 5.77. The van der Waals surface area contributed by atoms with Crippen LogP contribution in [0.5, 0.6) is 5.75 Å². The summed E-state index contributed by atoms with van der Waals surface area (Å²) in [5, 5.41) is 10.4. The van der Waals surface area contributed by atoms with E-state index in [0.717, 1.165) is 11.1 Å². The Labute approximate surface area is 161 Å². The van der Waals surface area contributed by atoms with Gasteiger partial charge in [-0.2, -0.15) is 0 Å². The largest absolute Gasteiger partial charge is 0.478 e. The van der Waals surface area contributed by atoms with Crippen LogP contribution in [0.1, 0.15) is 5.56 Å². The number of rotatable bonds is 6. The van der Waals surface area contributed by atoms with Crippen LogP contribution in [0, 0.1) is 0 Å². The third-order valence-corrected chi connectivity index (χ3v) is 4.52. The van der Waals surface area contributed by atoms with Gasteiger partial charge in [-0.05, 0) is 41.0 Å². The minimum Gasteiger partial charge on any atom is -0.478 e. The molecule has 0 heterocycles. The molecule has 0 aliphatic heterocycles. The van der Waals surface area contributed by atoms with Crippen molar-refractivity contribution in [3.05, 3.63) is 88.4 Å². The van der Waals surface area contributed by atoms with Crippen LogP contribution in [-0.2, 0) is 11.2 Å². The van der Waals surface area contributed by atoms with Crippen molar-refractivity contribution in [2.75, 3.05) is 0 Å². The molecule has 26 heavy (non-hydrogen) atoms. The van der Waals surface area contributed by atoms with Crippen molar-refractivity contribution in [2.24, 2.45) is 0 Å². The fourth-order valence-electron chi connectivity index (χ4n) is 2.59. The lowest BCUT2D eigenvalue weighted by molar-refractivity contribution is -0.145. The van der Waals surface area contributed by atoms with Crippen molar-refractivity contribution in [1.82, 2.24) is 0 Å². The standard InChI is InChI=1S/C21H16Cl2O3/c22-17-9-6-16(19(23)13-17)12-20(21(24)25)26-18-10-7-15(8-11-18)14-4-2-1-3-5-14/h1-11,13,20H,12H2,(H,24,25)/t20-/m0/s1. The molecule has 0 radical (unpaired) electrons. The molecule has 3 aromatic carbocycles. The molecule has 1 atom stereocenters. The third-order valence-electron chi connectivity index (χ3n) is 3.94. The molecule has 132 valence electrons. The molecule has 0 aliphatic rings. The predicted molar refractivity (Wildman–Crippen MR) is 104 cm³/mol. The minimum atomic E-state index is -1.05. The highest BCUT2D eigenvalue weighted by Crippen LogP contribution is 2.25. The Morgan fingerprint density at radius 3 is 2.19 bits per heavy atom. The lowest BCUT2D eigenvalue weighted by Crippen LogP contribution is -2.29. The maximum absolute atomic E-state index is 11.6. The number of carbonyl (C=O) groups is 1. The fraction of sp³-hybridized carbons (Fsp3) is 0.0952. The zero-order valence-corrected chi connectivity index (χ0v) is 15.2. The monoisotopic (exact) mass is 386 g/mol. The second-order valence-corrected chi connectivity index (χ2v) is 6.62. The fourth-order valence-corrected chi connectivity index (χ4v) is 3.07. The van der Waals surface area contributed by atoms with Gasteiger partial charge in [-0.15, -0.1) is 0 Å². The van der Waals surface area contributed by atoms with Crippen LogP contribution in [0.2, 0.25) is 10.0 Å². The molecule has 0 aromatic heterocycles. The second kappa shape index (κ2) is 8.26. The van der Waals surface area contributed by atoms with Gasteiger partial charge in [-0.1, -0.05) is 71.7 Å². The number of benzene rings is 3. The number of carboxylic acids is 1. The van der Waals surface area contributed by atoms with Crippen LogP contribution in [-0.4, -0.2) is 17.2 Å². The van der Waals surface area contributed by atoms with Crippen LogP contribution in [0.25, 0.3) is 11.1 Å². The normalized spacial score (nSPS) is 11.8. The highest BCUT2D eigenvalue weighted by molar-refractivity contribution is 6.35. The molecule has 1 N–H and O–H groups in total. The van der Waals surface area contributed by atoms with Crippen LogP contribution in [0.4, 0.5) is 0 Å². The first-order valence-electron chi connectivity index (χ1n) is 8.02. The maximum atomic E-state index is 11.6. The van der Waals surface area contributed by atoms with Gasteiger partial charge in [-0.25, -0.2) is 4.79 Å². The van der Waals surface area contributed by atoms with Gasteiger partial charge >= 0.3 is 5.97 Å². The van der Waals surface area contributed by atoms with E-state index in [1.165, 1.54) is 0 Å². The minimum absolute atomic E-state index is 0.145. The van der Waals surface area contributed by atoms with E-state index in [9.17, 15) is 9.90 Å². The number of carboxylic acid groups (broad SMARTS) is 1. The SMILES string of the molecule is O=C(O)[C@H](Cc1ccc(Cl)cc1Cl)Oc1ccc(-c2ccccc2)cc1. The van der Waals surface area contributed by atoms with Gasteiger partial charge in [0.05, 0.1) is 0 Å². The zero-order valence-electron chi connectivity index (χ0n) is 13.7. The van der Waals surface area contributed by atoms with E-state index in [0.29, 0.717) is 21.4 Å². The van der Waals surface area contributed by atoms with Gasteiger partial charge in [0.15, 0.2) is 6.10 Å². The highest BCUT2D eigenvalue weighted by atomic mass is 35.5. The topological polar surface area (TPSA) is 46.5 Å². The van der Waals surface area contributed by atoms with Crippen molar-refractivity contribution in [2.45, 2.75) is 12.5 Å². The molecular weight excluding hydrogens is 371 g/mol.